The second kappa shape index (κ2) is 7.41. The van der Waals surface area contributed by atoms with Gasteiger partial charge in [0.1, 0.15) is 5.75 Å². The molecule has 20 heavy (non-hydrogen) atoms. The summed E-state index contributed by atoms with van der Waals surface area (Å²) < 4.78 is 6.88. The van der Waals surface area contributed by atoms with Crippen LogP contribution < -0.4 is 10.1 Å². The number of hydrogen-bond donors (Lipinski definition) is 1. The molecule has 1 N–H and O–H groups in total. The first-order chi connectivity index (χ1) is 9.65. The minimum atomic E-state index is 0.627. The third-order valence-electron chi connectivity index (χ3n) is 2.75. The first-order valence-corrected chi connectivity index (χ1v) is 7.52. The molecule has 0 saturated carbocycles. The van der Waals surface area contributed by atoms with Crippen LogP contribution in [0.4, 0.5) is 0 Å². The van der Waals surface area contributed by atoms with Crippen molar-refractivity contribution in [3.8, 4) is 11.6 Å². The van der Waals surface area contributed by atoms with Crippen molar-refractivity contribution in [2.45, 2.75) is 20.4 Å². The molecule has 1 aromatic carbocycles. The van der Waals surface area contributed by atoms with Gasteiger partial charge in [-0.3, -0.25) is 0 Å². The summed E-state index contributed by atoms with van der Waals surface area (Å²) in [6.07, 6.45) is 1.75. The number of halogens is 1. The number of rotatable bonds is 6. The Morgan fingerprint density at radius 3 is 2.65 bits per heavy atom. The molecule has 1 aromatic heterocycles. The maximum absolute atomic E-state index is 5.85. The van der Waals surface area contributed by atoms with E-state index in [1.165, 1.54) is 0 Å². The van der Waals surface area contributed by atoms with E-state index in [4.69, 9.17) is 4.74 Å². The SMILES string of the molecule is CC(C)CNCc1cccnc1Oc1ccc(Br)cc1. The predicted molar refractivity (Wildman–Crippen MR) is 85.0 cm³/mol. The standard InChI is InChI=1S/C16H19BrN2O/c1-12(2)10-18-11-13-4-3-9-19-16(13)20-15-7-5-14(17)6-8-15/h3-9,12,18H,10-11H2,1-2H3. The van der Waals surface area contributed by atoms with Crippen molar-refractivity contribution in [2.24, 2.45) is 5.92 Å². The van der Waals surface area contributed by atoms with Gasteiger partial charge in [-0.2, -0.15) is 0 Å². The number of hydrogen-bond acceptors (Lipinski definition) is 3. The lowest BCUT2D eigenvalue weighted by atomic mass is 10.2. The summed E-state index contributed by atoms with van der Waals surface area (Å²) in [6, 6.07) is 11.7. The molecule has 0 saturated heterocycles. The topological polar surface area (TPSA) is 34.2 Å². The third-order valence-corrected chi connectivity index (χ3v) is 3.27. The molecule has 0 aliphatic rings. The molecule has 0 fully saturated rings. The first-order valence-electron chi connectivity index (χ1n) is 6.73. The summed E-state index contributed by atoms with van der Waals surface area (Å²) in [6.45, 7) is 6.12. The van der Waals surface area contributed by atoms with Crippen LogP contribution in [0, 0.1) is 5.92 Å². The average molecular weight is 335 g/mol. The number of nitrogens with one attached hydrogen (secondary N) is 1. The van der Waals surface area contributed by atoms with Crippen LogP contribution in [-0.2, 0) is 6.54 Å². The predicted octanol–water partition coefficient (Wildman–Crippen LogP) is 4.38. The summed E-state index contributed by atoms with van der Waals surface area (Å²) in [5.41, 5.74) is 1.07. The van der Waals surface area contributed by atoms with Crippen LogP contribution in [-0.4, -0.2) is 11.5 Å². The molecule has 2 aromatic rings. The highest BCUT2D eigenvalue weighted by Crippen LogP contribution is 2.24. The van der Waals surface area contributed by atoms with Gasteiger partial charge in [-0.25, -0.2) is 4.98 Å². The number of benzene rings is 1. The van der Waals surface area contributed by atoms with Gasteiger partial charge in [-0.15, -0.1) is 0 Å². The Kier molecular flexibility index (Phi) is 5.56. The normalized spacial score (nSPS) is 10.8. The molecule has 0 atom stereocenters. The highest BCUT2D eigenvalue weighted by atomic mass is 79.9. The fourth-order valence-electron chi connectivity index (χ4n) is 1.76. The van der Waals surface area contributed by atoms with Crippen LogP contribution in [0.1, 0.15) is 19.4 Å². The Morgan fingerprint density at radius 1 is 1.20 bits per heavy atom. The van der Waals surface area contributed by atoms with E-state index in [0.717, 1.165) is 28.9 Å². The maximum Gasteiger partial charge on any atom is 0.223 e. The van der Waals surface area contributed by atoms with Gasteiger partial charge in [0.25, 0.3) is 0 Å². The molecule has 0 aliphatic heterocycles. The van der Waals surface area contributed by atoms with Gasteiger partial charge in [-0.1, -0.05) is 35.8 Å². The lowest BCUT2D eigenvalue weighted by Crippen LogP contribution is -2.19. The lowest BCUT2D eigenvalue weighted by Gasteiger charge is -2.11. The third kappa shape index (κ3) is 4.62. The van der Waals surface area contributed by atoms with Crippen molar-refractivity contribution in [3.63, 3.8) is 0 Å². The van der Waals surface area contributed by atoms with Crippen LogP contribution in [0.2, 0.25) is 0 Å². The first kappa shape index (κ1) is 15.0. The summed E-state index contributed by atoms with van der Waals surface area (Å²) >= 11 is 3.41. The second-order valence-electron chi connectivity index (χ2n) is 5.05. The van der Waals surface area contributed by atoms with Gasteiger partial charge in [-0.05, 0) is 42.8 Å². The van der Waals surface area contributed by atoms with Gasteiger partial charge in [0, 0.05) is 22.8 Å². The van der Waals surface area contributed by atoms with Crippen LogP contribution in [0.25, 0.3) is 0 Å². The highest BCUT2D eigenvalue weighted by Gasteiger charge is 2.06. The average Bonchev–Trinajstić information content (AvgIpc) is 2.43. The van der Waals surface area contributed by atoms with Crippen molar-refractivity contribution in [1.82, 2.24) is 10.3 Å². The van der Waals surface area contributed by atoms with Crippen molar-refractivity contribution in [1.29, 1.82) is 0 Å². The van der Waals surface area contributed by atoms with E-state index in [0.29, 0.717) is 11.8 Å². The molecule has 0 amide bonds. The molecule has 106 valence electrons. The van der Waals surface area contributed by atoms with Gasteiger partial charge in [0.15, 0.2) is 0 Å². The van der Waals surface area contributed by atoms with Crippen LogP contribution >= 0.6 is 15.9 Å². The van der Waals surface area contributed by atoms with Gasteiger partial charge in [0.05, 0.1) is 0 Å². The van der Waals surface area contributed by atoms with E-state index in [1.807, 2.05) is 36.4 Å². The summed E-state index contributed by atoms with van der Waals surface area (Å²) in [4.78, 5) is 4.32. The zero-order valence-electron chi connectivity index (χ0n) is 11.8. The van der Waals surface area contributed by atoms with Gasteiger partial charge < -0.3 is 10.1 Å². The van der Waals surface area contributed by atoms with E-state index in [2.05, 4.69) is 40.1 Å². The van der Waals surface area contributed by atoms with Crippen LogP contribution in [0.3, 0.4) is 0 Å². The molecular formula is C16H19BrN2O. The maximum atomic E-state index is 5.85. The smallest absolute Gasteiger partial charge is 0.223 e. The summed E-state index contributed by atoms with van der Waals surface area (Å²) in [5.74, 6) is 2.07. The Morgan fingerprint density at radius 2 is 1.95 bits per heavy atom. The van der Waals surface area contributed by atoms with E-state index in [-0.39, 0.29) is 0 Å². The molecule has 4 heteroatoms. The van der Waals surface area contributed by atoms with Gasteiger partial charge >= 0.3 is 0 Å². The highest BCUT2D eigenvalue weighted by molar-refractivity contribution is 9.10. The Balaban J connectivity index is 2.05. The summed E-state index contributed by atoms with van der Waals surface area (Å²) in [7, 11) is 0. The molecule has 1 heterocycles. The largest absolute Gasteiger partial charge is 0.439 e. The lowest BCUT2D eigenvalue weighted by molar-refractivity contribution is 0.450. The van der Waals surface area contributed by atoms with E-state index in [1.54, 1.807) is 6.20 Å². The quantitative estimate of drug-likeness (QED) is 0.851. The number of ether oxygens (including phenoxy) is 1. The molecular weight excluding hydrogens is 316 g/mol. The molecule has 3 nitrogen and oxygen atoms in total. The van der Waals surface area contributed by atoms with Gasteiger partial charge in [0.2, 0.25) is 5.88 Å². The zero-order chi connectivity index (χ0) is 14.4. The van der Waals surface area contributed by atoms with Crippen LogP contribution in [0.15, 0.2) is 47.1 Å². The van der Waals surface area contributed by atoms with Crippen LogP contribution in [0.5, 0.6) is 11.6 Å². The van der Waals surface area contributed by atoms with Crippen molar-refractivity contribution < 1.29 is 4.74 Å². The molecule has 0 aliphatic carbocycles. The van der Waals surface area contributed by atoms with E-state index < -0.39 is 0 Å². The fourth-order valence-corrected chi connectivity index (χ4v) is 2.02. The van der Waals surface area contributed by atoms with E-state index in [9.17, 15) is 0 Å². The monoisotopic (exact) mass is 334 g/mol. The summed E-state index contributed by atoms with van der Waals surface area (Å²) in [5, 5.41) is 3.41. The number of aromatic nitrogens is 1. The molecule has 0 bridgehead atoms. The minimum Gasteiger partial charge on any atom is -0.439 e. The number of pyridine rings is 1. The van der Waals surface area contributed by atoms with E-state index >= 15 is 0 Å². The van der Waals surface area contributed by atoms with Crippen molar-refractivity contribution in [2.75, 3.05) is 6.54 Å². The Bertz CT molecular complexity index is 540. The van der Waals surface area contributed by atoms with Crippen molar-refractivity contribution >= 4 is 15.9 Å². The van der Waals surface area contributed by atoms with Crippen molar-refractivity contribution in [3.05, 3.63) is 52.6 Å². The Labute approximate surface area is 128 Å². The second-order valence-corrected chi connectivity index (χ2v) is 5.96. The molecule has 0 spiro atoms. The molecule has 2 rings (SSSR count). The molecule has 0 unspecified atom stereocenters. The Hall–Kier alpha value is -1.39. The zero-order valence-corrected chi connectivity index (χ0v) is 13.4. The molecule has 0 radical (unpaired) electrons. The number of nitrogens with zero attached hydrogens (tertiary/aromatic N) is 1. The minimum absolute atomic E-state index is 0.627. The fraction of sp³-hybridized carbons (Fsp3) is 0.312.